The molecular weight excluding hydrogens is 691 g/mol. The number of benzene rings is 4. The molecule has 0 saturated heterocycles. The van der Waals surface area contributed by atoms with Crippen molar-refractivity contribution in [3.8, 4) is 11.1 Å². The first-order valence-corrected chi connectivity index (χ1v) is 17.4. The third-order valence-electron chi connectivity index (χ3n) is 8.43. The van der Waals surface area contributed by atoms with Crippen molar-refractivity contribution in [2.75, 3.05) is 0 Å². The van der Waals surface area contributed by atoms with Gasteiger partial charge in [-0.3, -0.25) is 0 Å². The van der Waals surface area contributed by atoms with Crippen LogP contribution in [0.3, 0.4) is 0 Å². The standard InChI is InChI=1S/C21H25.C13H10.C10H15.2ClH.Zr/c1-20(2,3)16-9-7-14-11-15-8-10-17(21(4,5)6)13-19(15)18(14)12-16;1-3-7-12(8-4-1)11-13-9-5-2-6-10-13;1-8-5-6-9(7-8)10(2,3)4;;;/h7,9-10,12-13H,11H2,1-6H3;1-10H;5-7H,1-4H3;2*1H;/q-1;;-1;;;+2/p-2. The van der Waals surface area contributed by atoms with E-state index in [-0.39, 0.29) is 35.6 Å². The summed E-state index contributed by atoms with van der Waals surface area (Å²) >= 11 is 1.46. The molecule has 47 heavy (non-hydrogen) atoms. The van der Waals surface area contributed by atoms with Crippen LogP contribution < -0.4 is 24.8 Å². The van der Waals surface area contributed by atoms with E-state index in [9.17, 15) is 0 Å². The van der Waals surface area contributed by atoms with Crippen LogP contribution in [0.1, 0.15) is 107 Å². The predicted molar refractivity (Wildman–Crippen MR) is 192 cm³/mol. The molecular formula is C44H50Cl2Zr-2. The molecule has 0 aromatic heterocycles. The molecule has 0 nitrogen and oxygen atoms in total. The van der Waals surface area contributed by atoms with Gasteiger partial charge in [0.25, 0.3) is 0 Å². The van der Waals surface area contributed by atoms with Gasteiger partial charge < -0.3 is 24.8 Å². The van der Waals surface area contributed by atoms with E-state index in [0.29, 0.717) is 5.41 Å². The quantitative estimate of drug-likeness (QED) is 0.207. The Morgan fingerprint density at radius 3 is 1.53 bits per heavy atom. The van der Waals surface area contributed by atoms with E-state index in [1.165, 1.54) is 83.1 Å². The molecule has 0 radical (unpaired) electrons. The second-order valence-electron chi connectivity index (χ2n) is 15.4. The van der Waals surface area contributed by atoms with Crippen LogP contribution in [0, 0.1) is 13.0 Å². The van der Waals surface area contributed by atoms with Crippen molar-refractivity contribution in [3.05, 3.63) is 160 Å². The first kappa shape index (κ1) is 40.7. The van der Waals surface area contributed by atoms with Crippen LogP contribution in [0.2, 0.25) is 0 Å². The van der Waals surface area contributed by atoms with Crippen molar-refractivity contribution in [3.63, 3.8) is 0 Å². The summed E-state index contributed by atoms with van der Waals surface area (Å²) in [7, 11) is 0. The Morgan fingerprint density at radius 1 is 0.617 bits per heavy atom. The predicted octanol–water partition coefficient (Wildman–Crippen LogP) is 5.47. The van der Waals surface area contributed by atoms with Crippen molar-refractivity contribution in [2.24, 2.45) is 0 Å². The number of hydrogen-bond donors (Lipinski definition) is 0. The van der Waals surface area contributed by atoms with E-state index in [1.54, 1.807) is 0 Å². The molecule has 0 N–H and O–H groups in total. The van der Waals surface area contributed by atoms with Gasteiger partial charge in [0, 0.05) is 0 Å². The molecule has 1 aliphatic rings. The molecule has 0 aliphatic heterocycles. The van der Waals surface area contributed by atoms with E-state index in [2.05, 4.69) is 184 Å². The molecule has 5 aromatic rings. The second-order valence-corrected chi connectivity index (χ2v) is 16.6. The van der Waals surface area contributed by atoms with E-state index in [0.717, 1.165) is 6.42 Å². The summed E-state index contributed by atoms with van der Waals surface area (Å²) < 4.78 is 1.42. The monoisotopic (exact) mass is 738 g/mol. The van der Waals surface area contributed by atoms with Crippen molar-refractivity contribution in [2.45, 2.75) is 91.9 Å². The first-order chi connectivity index (χ1) is 21.0. The molecule has 0 atom stereocenters. The van der Waals surface area contributed by atoms with Gasteiger partial charge in [-0.2, -0.15) is 52.6 Å². The van der Waals surface area contributed by atoms with Crippen LogP contribution in [0.15, 0.2) is 109 Å². The van der Waals surface area contributed by atoms with Gasteiger partial charge in [0.1, 0.15) is 0 Å². The molecule has 0 bridgehead atoms. The van der Waals surface area contributed by atoms with Crippen LogP contribution in [0.25, 0.3) is 11.1 Å². The Labute approximate surface area is 313 Å². The number of hydrogen-bond acceptors (Lipinski definition) is 0. The molecule has 5 aromatic carbocycles. The molecule has 0 saturated carbocycles. The third-order valence-corrected chi connectivity index (χ3v) is 9.85. The minimum atomic E-state index is 0. The molecule has 3 heteroatoms. The van der Waals surface area contributed by atoms with E-state index in [4.69, 9.17) is 0 Å². The normalized spacial score (nSPS) is 11.7. The Kier molecular flexibility index (Phi) is 14.6. The Morgan fingerprint density at radius 2 is 1.11 bits per heavy atom. The molecule has 246 valence electrons. The van der Waals surface area contributed by atoms with Gasteiger partial charge in [0.2, 0.25) is 0 Å². The van der Waals surface area contributed by atoms with E-state index in [1.807, 2.05) is 0 Å². The topological polar surface area (TPSA) is 0 Å². The summed E-state index contributed by atoms with van der Waals surface area (Å²) in [5.74, 6) is 0. The van der Waals surface area contributed by atoms with Gasteiger partial charge in [-0.1, -0.05) is 109 Å². The number of halogens is 2. The maximum atomic E-state index is 3.53. The van der Waals surface area contributed by atoms with Crippen LogP contribution in [-0.2, 0) is 46.9 Å². The average Bonchev–Trinajstić information content (AvgIpc) is 3.60. The van der Waals surface area contributed by atoms with Crippen molar-refractivity contribution < 1.29 is 49.0 Å². The zero-order valence-corrected chi connectivity index (χ0v) is 33.8. The SMILES string of the molecule is CC(C)(C)c1c[c-]c2c(c1)-c1cc(C(C)(C)C)ccc1C2.Cc1cc(C(C)(C)C)c[cH-]1.[Cl-].[Cl-].[Zr+2]=[C](c1ccccc1)c1ccccc1. The first-order valence-electron chi connectivity index (χ1n) is 16.2. The molecule has 0 spiro atoms. The second kappa shape index (κ2) is 16.8. The van der Waals surface area contributed by atoms with Gasteiger partial charge in [-0.25, -0.2) is 6.07 Å². The molecule has 0 fully saturated rings. The number of aryl methyl sites for hydroxylation is 1. The molecule has 0 amide bonds. The zero-order valence-electron chi connectivity index (χ0n) is 29.9. The minimum absolute atomic E-state index is 0. The van der Waals surface area contributed by atoms with Gasteiger partial charge >= 0.3 is 99.2 Å². The maximum absolute atomic E-state index is 3.53. The number of fused-ring (bicyclic) bond motifs is 3. The van der Waals surface area contributed by atoms with Gasteiger partial charge in [-0.05, 0) is 17.4 Å². The Balaban J connectivity index is 0.000000258. The Bertz CT molecular complexity index is 1620. The van der Waals surface area contributed by atoms with Crippen LogP contribution in [-0.4, -0.2) is 3.21 Å². The molecule has 0 heterocycles. The Hall–Kier alpha value is -2.44. The van der Waals surface area contributed by atoms with Gasteiger partial charge in [0.15, 0.2) is 0 Å². The van der Waals surface area contributed by atoms with Crippen LogP contribution in [0.4, 0.5) is 0 Å². The molecule has 0 unspecified atom stereocenters. The average molecular weight is 741 g/mol. The summed E-state index contributed by atoms with van der Waals surface area (Å²) in [6, 6.07) is 42.8. The van der Waals surface area contributed by atoms with Crippen LogP contribution >= 0.6 is 0 Å². The fraction of sp³-hybridized carbons (Fsp3) is 0.318. The third kappa shape index (κ3) is 11.0. The summed E-state index contributed by atoms with van der Waals surface area (Å²) in [6.45, 7) is 22.5. The fourth-order valence-corrected chi connectivity index (χ4v) is 6.21. The fourth-order valence-electron chi connectivity index (χ4n) is 5.39. The van der Waals surface area contributed by atoms with Crippen LogP contribution in [0.5, 0.6) is 0 Å². The summed E-state index contributed by atoms with van der Waals surface area (Å²) in [5, 5.41) is 0. The zero-order chi connectivity index (χ0) is 33.0. The summed E-state index contributed by atoms with van der Waals surface area (Å²) in [6.07, 6.45) is 1.03. The van der Waals surface area contributed by atoms with Crippen molar-refractivity contribution in [1.29, 1.82) is 0 Å². The summed E-state index contributed by atoms with van der Waals surface area (Å²) in [4.78, 5) is 0. The number of rotatable bonds is 2. The van der Waals surface area contributed by atoms with Crippen molar-refractivity contribution >= 4 is 3.21 Å². The van der Waals surface area contributed by atoms with E-state index >= 15 is 0 Å². The molecule has 1 aliphatic carbocycles. The van der Waals surface area contributed by atoms with Crippen molar-refractivity contribution in [1.82, 2.24) is 0 Å². The van der Waals surface area contributed by atoms with Gasteiger partial charge in [-0.15, -0.1) is 5.56 Å². The van der Waals surface area contributed by atoms with E-state index < -0.39 is 0 Å². The van der Waals surface area contributed by atoms with Gasteiger partial charge in [0.05, 0.1) is 0 Å². The summed E-state index contributed by atoms with van der Waals surface area (Å²) in [5.41, 5.74) is 14.5. The molecule has 6 rings (SSSR count).